The van der Waals surface area contributed by atoms with Crippen LogP contribution in [0, 0.1) is 35.0 Å². The summed E-state index contributed by atoms with van der Waals surface area (Å²) in [5, 5.41) is 9.21. The zero-order valence-corrected chi connectivity index (χ0v) is 8.80. The van der Waals surface area contributed by atoms with Crippen molar-refractivity contribution in [3.63, 3.8) is 0 Å². The lowest BCUT2D eigenvalue weighted by atomic mass is 9.76. The molecule has 1 aromatic carbocycles. The molecule has 0 radical (unpaired) electrons. The maximum atomic E-state index is 9.21. The number of rotatable bonds is 0. The summed E-state index contributed by atoms with van der Waals surface area (Å²) in [4.78, 5) is 0. The number of fused-ring (bicyclic) bond motifs is 7. The molecule has 0 heterocycles. The van der Waals surface area contributed by atoms with Gasteiger partial charge >= 0.3 is 0 Å². The van der Waals surface area contributed by atoms with Crippen LogP contribution in [0.3, 0.4) is 0 Å². The second kappa shape index (κ2) is 2.11. The quantitative estimate of drug-likeness (QED) is 0.597. The Bertz CT molecular complexity index is 592. The molecule has 5 rings (SSSR count). The van der Waals surface area contributed by atoms with E-state index < -0.39 is 0 Å². The molecule has 6 atom stereocenters. The molecule has 0 spiro atoms. The van der Waals surface area contributed by atoms with Crippen LogP contribution in [0.25, 0.3) is 0 Å². The van der Waals surface area contributed by atoms with E-state index in [-0.39, 0.29) is 0 Å². The highest BCUT2D eigenvalue weighted by Crippen LogP contribution is 2.80. The summed E-state index contributed by atoms with van der Waals surface area (Å²) < 4.78 is 0. The topological polar surface area (TPSA) is 23.8 Å². The molecule has 1 heteroatoms. The van der Waals surface area contributed by atoms with Gasteiger partial charge in [-0.3, -0.25) is 0 Å². The van der Waals surface area contributed by atoms with Crippen molar-refractivity contribution in [2.45, 2.75) is 11.8 Å². The molecule has 0 bridgehead atoms. The first-order chi connectivity index (χ1) is 7.92. The van der Waals surface area contributed by atoms with Crippen molar-refractivity contribution in [1.82, 2.24) is 0 Å². The number of benzene rings is 1. The maximum Gasteiger partial charge on any atom is 0.0994 e. The van der Waals surface area contributed by atoms with Gasteiger partial charge in [0.2, 0.25) is 0 Å². The van der Waals surface area contributed by atoms with Gasteiger partial charge in [0.25, 0.3) is 0 Å². The first-order valence-corrected chi connectivity index (χ1v) is 6.13. The van der Waals surface area contributed by atoms with Gasteiger partial charge in [0.1, 0.15) is 0 Å². The van der Waals surface area contributed by atoms with Gasteiger partial charge in [0.15, 0.2) is 0 Å². The molecule has 2 fully saturated rings. The van der Waals surface area contributed by atoms with Gasteiger partial charge in [-0.05, 0) is 52.7 Å². The molecule has 0 saturated heterocycles. The van der Waals surface area contributed by atoms with E-state index in [9.17, 15) is 5.26 Å². The van der Waals surface area contributed by atoms with E-state index in [1.54, 1.807) is 0 Å². The fourth-order valence-corrected chi connectivity index (χ4v) is 4.83. The minimum atomic E-state index is 0.738. The Morgan fingerprint density at radius 1 is 1.00 bits per heavy atom. The lowest BCUT2D eigenvalue weighted by Gasteiger charge is -2.28. The molecule has 0 aromatic heterocycles. The molecule has 1 nitrogen and oxygen atoms in total. The third kappa shape index (κ3) is 0.571. The summed E-state index contributed by atoms with van der Waals surface area (Å²) >= 11 is 0. The minimum absolute atomic E-state index is 0.738. The molecule has 16 heavy (non-hydrogen) atoms. The lowest BCUT2D eigenvalue weighted by Crippen LogP contribution is -2.19. The van der Waals surface area contributed by atoms with Crippen LogP contribution in [0.4, 0.5) is 0 Å². The molecule has 76 valence electrons. The fourth-order valence-electron chi connectivity index (χ4n) is 4.83. The van der Waals surface area contributed by atoms with Gasteiger partial charge in [0.05, 0.1) is 11.6 Å². The largest absolute Gasteiger partial charge is 0.192 e. The zero-order chi connectivity index (χ0) is 10.4. The molecule has 0 amide bonds. The van der Waals surface area contributed by atoms with E-state index in [0.29, 0.717) is 0 Å². The maximum absolute atomic E-state index is 9.21. The lowest BCUT2D eigenvalue weighted by molar-refractivity contribution is 0.398. The van der Waals surface area contributed by atoms with Crippen LogP contribution in [0.5, 0.6) is 0 Å². The molecule has 1 aromatic rings. The second-order valence-electron chi connectivity index (χ2n) is 5.67. The average molecular weight is 205 g/mol. The molecule has 2 saturated carbocycles. The van der Waals surface area contributed by atoms with Gasteiger partial charge in [-0.15, -0.1) is 0 Å². The summed E-state index contributed by atoms with van der Waals surface area (Å²) in [5.74, 6) is 4.92. The van der Waals surface area contributed by atoms with Crippen molar-refractivity contribution in [3.8, 4) is 6.07 Å². The fraction of sp³-hybridized carbons (Fsp3) is 0.400. The van der Waals surface area contributed by atoms with Crippen LogP contribution in [0.15, 0.2) is 30.4 Å². The first kappa shape index (κ1) is 7.68. The number of hydrogen-bond donors (Lipinski definition) is 0. The predicted molar refractivity (Wildman–Crippen MR) is 59.7 cm³/mol. The zero-order valence-electron chi connectivity index (χ0n) is 8.80. The standard InChI is InChI=1S/C15H11N/c16-6-7-2-1-3-10-11(7)14-13-9-5-4-8(9)12(10)15(13)14/h1-5,8-9,12-15H/t8-,9+,12+,13-,14-,15+/m1/s1. The Labute approximate surface area is 94.4 Å². The molecular formula is C15H11N. The van der Waals surface area contributed by atoms with Gasteiger partial charge < -0.3 is 0 Å². The molecule has 0 aliphatic heterocycles. The highest BCUT2D eigenvalue weighted by molar-refractivity contribution is 5.59. The summed E-state index contributed by atoms with van der Waals surface area (Å²) in [6.07, 6.45) is 4.80. The van der Waals surface area contributed by atoms with Crippen LogP contribution in [-0.2, 0) is 0 Å². The minimum Gasteiger partial charge on any atom is -0.192 e. The van der Waals surface area contributed by atoms with Gasteiger partial charge in [-0.1, -0.05) is 24.3 Å². The Balaban J connectivity index is 1.80. The van der Waals surface area contributed by atoms with E-state index in [4.69, 9.17) is 0 Å². The smallest absolute Gasteiger partial charge is 0.0994 e. The van der Waals surface area contributed by atoms with Crippen molar-refractivity contribution >= 4 is 0 Å². The first-order valence-electron chi connectivity index (χ1n) is 6.13. The summed E-state index contributed by atoms with van der Waals surface area (Å²) in [7, 11) is 0. The molecule has 0 unspecified atom stereocenters. The van der Waals surface area contributed by atoms with Crippen molar-refractivity contribution in [2.24, 2.45) is 23.7 Å². The number of nitriles is 1. The Hall–Kier alpha value is -1.55. The average Bonchev–Trinajstić information content (AvgIpc) is 2.80. The SMILES string of the molecule is N#Cc1cccc2c1[C@H]1[C@H]3[C@H]2[C@@H]2C=C[C@@H]2[C@H]13. The summed E-state index contributed by atoms with van der Waals surface area (Å²) in [6, 6.07) is 8.70. The van der Waals surface area contributed by atoms with Crippen molar-refractivity contribution in [1.29, 1.82) is 5.26 Å². The third-order valence-corrected chi connectivity index (χ3v) is 5.36. The summed E-state index contributed by atoms with van der Waals surface area (Å²) in [5.41, 5.74) is 3.86. The predicted octanol–water partition coefficient (Wildman–Crippen LogP) is 2.80. The van der Waals surface area contributed by atoms with E-state index in [2.05, 4.69) is 30.4 Å². The van der Waals surface area contributed by atoms with Gasteiger partial charge in [0, 0.05) is 0 Å². The van der Waals surface area contributed by atoms with Gasteiger partial charge in [-0.2, -0.15) is 5.26 Å². The third-order valence-electron chi connectivity index (χ3n) is 5.36. The number of hydrogen-bond acceptors (Lipinski definition) is 1. The molecule has 0 N–H and O–H groups in total. The second-order valence-corrected chi connectivity index (χ2v) is 5.67. The van der Waals surface area contributed by atoms with Crippen LogP contribution in [-0.4, -0.2) is 0 Å². The van der Waals surface area contributed by atoms with E-state index in [0.717, 1.165) is 41.1 Å². The van der Waals surface area contributed by atoms with Crippen LogP contribution >= 0.6 is 0 Å². The number of nitrogens with zero attached hydrogens (tertiary/aromatic N) is 1. The summed E-state index contributed by atoms with van der Waals surface area (Å²) in [6.45, 7) is 0. The van der Waals surface area contributed by atoms with Crippen LogP contribution in [0.1, 0.15) is 28.5 Å². The Morgan fingerprint density at radius 2 is 1.88 bits per heavy atom. The van der Waals surface area contributed by atoms with Crippen molar-refractivity contribution in [2.75, 3.05) is 0 Å². The molecule has 4 aliphatic rings. The highest BCUT2D eigenvalue weighted by Gasteiger charge is 2.72. The van der Waals surface area contributed by atoms with Crippen LogP contribution < -0.4 is 0 Å². The molecule has 4 aliphatic carbocycles. The van der Waals surface area contributed by atoms with Gasteiger partial charge in [-0.25, -0.2) is 0 Å². The Kier molecular flexibility index (Phi) is 1.01. The number of allylic oxidation sites excluding steroid dienone is 2. The van der Waals surface area contributed by atoms with E-state index in [1.165, 1.54) is 11.1 Å². The Morgan fingerprint density at radius 3 is 2.62 bits per heavy atom. The van der Waals surface area contributed by atoms with Crippen molar-refractivity contribution < 1.29 is 0 Å². The molecular weight excluding hydrogens is 194 g/mol. The van der Waals surface area contributed by atoms with E-state index >= 15 is 0 Å². The highest BCUT2D eigenvalue weighted by atomic mass is 14.7. The normalized spacial score (nSPS) is 47.7. The van der Waals surface area contributed by atoms with Crippen molar-refractivity contribution in [3.05, 3.63) is 47.0 Å². The van der Waals surface area contributed by atoms with E-state index in [1.807, 2.05) is 6.07 Å². The monoisotopic (exact) mass is 205 g/mol. The van der Waals surface area contributed by atoms with Crippen LogP contribution in [0.2, 0.25) is 0 Å².